The van der Waals surface area contributed by atoms with Crippen LogP contribution in [0.1, 0.15) is 67.9 Å². The highest BCUT2D eigenvalue weighted by Gasteiger charge is 2.44. The first-order valence-electron chi connectivity index (χ1n) is 20.1. The lowest BCUT2D eigenvalue weighted by Crippen LogP contribution is -2.35. The molecule has 1 saturated heterocycles. The van der Waals surface area contributed by atoms with E-state index in [-0.39, 0.29) is 31.8 Å². The van der Waals surface area contributed by atoms with E-state index in [1.165, 1.54) is 41.5 Å². The average Bonchev–Trinajstić information content (AvgIpc) is 3.50. The predicted octanol–water partition coefficient (Wildman–Crippen LogP) is 9.72. The van der Waals surface area contributed by atoms with E-state index < -0.39 is 17.7 Å². The van der Waals surface area contributed by atoms with Crippen LogP contribution in [-0.2, 0) is 25.3 Å². The van der Waals surface area contributed by atoms with Crippen molar-refractivity contribution < 1.29 is 33.3 Å². The number of piperidine rings is 1. The van der Waals surface area contributed by atoms with Crippen LogP contribution in [0.2, 0.25) is 0 Å². The largest absolute Gasteiger partial charge is 0.495 e. The third-order valence-corrected chi connectivity index (χ3v) is 11.6. The number of amides is 1. The standard InChI is InChI=1S/C49H50N2O7/c1-32(2)46(52)56-27-24-50-47(53)57-29-28-55-35-20-18-34(19-21-35)49(33-14-8-6-9-15-33)23-22-37-44-43(36-16-10-11-17-40(36)48(44,3)4)38-30-41(51-25-12-7-13-26-51)42(54-5)31-39(38)45(37)58-49/h6,8-11,14-23,30-31H,1,7,12-13,24-29H2,2-5H3,(H,50,53). The smallest absolute Gasteiger partial charge is 0.407 e. The molecule has 0 radical (unpaired) electrons. The van der Waals surface area contributed by atoms with Gasteiger partial charge in [-0.25, -0.2) is 9.59 Å². The maximum atomic E-state index is 12.1. The van der Waals surface area contributed by atoms with E-state index in [9.17, 15) is 9.59 Å². The van der Waals surface area contributed by atoms with Crippen molar-refractivity contribution >= 4 is 34.6 Å². The van der Waals surface area contributed by atoms with Gasteiger partial charge in [-0.05, 0) is 84.2 Å². The van der Waals surface area contributed by atoms with Gasteiger partial charge in [-0.3, -0.25) is 0 Å². The second-order valence-electron chi connectivity index (χ2n) is 15.7. The molecule has 3 aliphatic rings. The lowest BCUT2D eigenvalue weighted by atomic mass is 9.76. The lowest BCUT2D eigenvalue weighted by molar-refractivity contribution is -0.138. The molecule has 58 heavy (non-hydrogen) atoms. The zero-order valence-electron chi connectivity index (χ0n) is 33.7. The number of carbonyl (C=O) groups is 2. The third kappa shape index (κ3) is 7.03. The Hall–Kier alpha value is -6.22. The topological polar surface area (TPSA) is 95.6 Å². The van der Waals surface area contributed by atoms with Gasteiger partial charge in [0.15, 0.2) is 5.60 Å². The summed E-state index contributed by atoms with van der Waals surface area (Å²) in [5, 5.41) is 4.73. The minimum absolute atomic E-state index is 0.0249. The number of hydrogen-bond donors (Lipinski definition) is 1. The number of rotatable bonds is 12. The molecule has 298 valence electrons. The fraction of sp³-hybridized carbons (Fsp3) is 0.306. The van der Waals surface area contributed by atoms with Crippen molar-refractivity contribution in [2.45, 2.75) is 51.0 Å². The minimum atomic E-state index is -0.956. The van der Waals surface area contributed by atoms with Gasteiger partial charge in [0.05, 0.1) is 19.3 Å². The quantitative estimate of drug-likeness (QED) is 0.0761. The number of nitrogens with one attached hydrogen (secondary N) is 1. The minimum Gasteiger partial charge on any atom is -0.495 e. The van der Waals surface area contributed by atoms with Crippen LogP contribution in [0.5, 0.6) is 17.2 Å². The number of nitrogens with zero attached hydrogens (tertiary/aromatic N) is 1. The molecule has 5 aromatic rings. The van der Waals surface area contributed by atoms with E-state index >= 15 is 0 Å². The molecule has 0 aromatic heterocycles. The molecule has 8 rings (SSSR count). The van der Waals surface area contributed by atoms with E-state index in [0.717, 1.165) is 57.7 Å². The van der Waals surface area contributed by atoms with Gasteiger partial charge in [0.25, 0.3) is 0 Å². The van der Waals surface area contributed by atoms with Crippen molar-refractivity contribution in [2.24, 2.45) is 0 Å². The summed E-state index contributed by atoms with van der Waals surface area (Å²) in [4.78, 5) is 26.1. The Balaban J connectivity index is 1.12. The molecule has 5 aromatic carbocycles. The number of benzene rings is 5. The second kappa shape index (κ2) is 16.0. The molecule has 9 heteroatoms. The SMILES string of the molecule is C=C(C)C(=O)OCCNC(=O)OCCOc1ccc(C2(c3ccccc3)C=Cc3c4c(c5cc(N6CCCCC6)c(OC)cc5c3O2)-c2ccccc2C4(C)C)cc1. The van der Waals surface area contributed by atoms with Crippen LogP contribution < -0.4 is 24.4 Å². The summed E-state index contributed by atoms with van der Waals surface area (Å²) in [7, 11) is 1.76. The molecular formula is C49H50N2O7. The number of anilines is 1. The maximum Gasteiger partial charge on any atom is 0.407 e. The summed E-state index contributed by atoms with van der Waals surface area (Å²) in [6.07, 6.45) is 7.41. The van der Waals surface area contributed by atoms with Crippen LogP contribution in [0.15, 0.2) is 109 Å². The zero-order valence-corrected chi connectivity index (χ0v) is 33.7. The Kier molecular flexibility index (Phi) is 10.6. The second-order valence-corrected chi connectivity index (χ2v) is 15.7. The Morgan fingerprint density at radius 3 is 2.31 bits per heavy atom. The van der Waals surface area contributed by atoms with Crippen LogP contribution in [-0.4, -0.2) is 58.6 Å². The van der Waals surface area contributed by atoms with E-state index in [2.05, 4.69) is 91.3 Å². The van der Waals surface area contributed by atoms with Crippen molar-refractivity contribution in [3.63, 3.8) is 0 Å². The molecule has 1 fully saturated rings. The maximum absolute atomic E-state index is 12.1. The first-order valence-corrected chi connectivity index (χ1v) is 20.1. The van der Waals surface area contributed by atoms with E-state index in [4.69, 9.17) is 23.7 Å². The Morgan fingerprint density at radius 1 is 0.845 bits per heavy atom. The summed E-state index contributed by atoms with van der Waals surface area (Å²) in [6, 6.07) is 31.6. The van der Waals surface area contributed by atoms with Gasteiger partial charge in [0, 0.05) is 46.2 Å². The van der Waals surface area contributed by atoms with E-state index in [0.29, 0.717) is 11.3 Å². The number of esters is 1. The number of carbonyl (C=O) groups excluding carboxylic acids is 2. The van der Waals surface area contributed by atoms with Crippen molar-refractivity contribution in [2.75, 3.05) is 51.5 Å². The highest BCUT2D eigenvalue weighted by Crippen LogP contribution is 2.59. The molecule has 1 unspecified atom stereocenters. The summed E-state index contributed by atoms with van der Waals surface area (Å²) in [6.45, 7) is 12.1. The van der Waals surface area contributed by atoms with Crippen LogP contribution in [0, 0.1) is 0 Å². The highest BCUT2D eigenvalue weighted by atomic mass is 16.6. The highest BCUT2D eigenvalue weighted by molar-refractivity contribution is 6.10. The zero-order chi connectivity index (χ0) is 40.4. The molecule has 2 aliphatic heterocycles. The number of hydrogen-bond acceptors (Lipinski definition) is 8. The number of ether oxygens (including phenoxy) is 5. The van der Waals surface area contributed by atoms with Crippen LogP contribution in [0.3, 0.4) is 0 Å². The molecule has 2 heterocycles. The molecule has 0 spiro atoms. The lowest BCUT2D eigenvalue weighted by Gasteiger charge is -2.39. The van der Waals surface area contributed by atoms with Gasteiger partial charge in [-0.2, -0.15) is 0 Å². The van der Waals surface area contributed by atoms with Crippen molar-refractivity contribution in [3.8, 4) is 28.4 Å². The van der Waals surface area contributed by atoms with Crippen LogP contribution in [0.4, 0.5) is 10.5 Å². The van der Waals surface area contributed by atoms with E-state index in [1.54, 1.807) is 14.0 Å². The molecular weight excluding hydrogens is 729 g/mol. The molecule has 0 bridgehead atoms. The fourth-order valence-corrected chi connectivity index (χ4v) is 8.74. The Labute approximate surface area is 340 Å². The summed E-state index contributed by atoms with van der Waals surface area (Å²) in [5.74, 6) is 1.79. The van der Waals surface area contributed by atoms with Crippen LogP contribution in [0.25, 0.3) is 28.0 Å². The normalized spacial score (nSPS) is 17.3. The van der Waals surface area contributed by atoms with Gasteiger partial charge in [-0.1, -0.05) is 93.2 Å². The first kappa shape index (κ1) is 38.6. The fourth-order valence-electron chi connectivity index (χ4n) is 8.74. The molecule has 9 nitrogen and oxygen atoms in total. The number of fused-ring (bicyclic) bond motifs is 8. The van der Waals surface area contributed by atoms with E-state index in [1.807, 2.05) is 42.5 Å². The molecule has 1 amide bonds. The predicted molar refractivity (Wildman–Crippen MR) is 228 cm³/mol. The van der Waals surface area contributed by atoms with Gasteiger partial charge in [-0.15, -0.1) is 0 Å². The Bertz CT molecular complexity index is 2400. The van der Waals surface area contributed by atoms with Crippen molar-refractivity contribution in [3.05, 3.63) is 137 Å². The number of alkyl carbamates (subject to hydrolysis) is 1. The summed E-state index contributed by atoms with van der Waals surface area (Å²) in [5.41, 5.74) is 8.33. The Morgan fingerprint density at radius 2 is 1.57 bits per heavy atom. The van der Waals surface area contributed by atoms with Crippen molar-refractivity contribution in [1.29, 1.82) is 0 Å². The average molecular weight is 779 g/mol. The summed E-state index contributed by atoms with van der Waals surface area (Å²) >= 11 is 0. The summed E-state index contributed by atoms with van der Waals surface area (Å²) < 4.78 is 29.9. The number of methoxy groups -OCH3 is 1. The van der Waals surface area contributed by atoms with Gasteiger partial charge < -0.3 is 33.9 Å². The molecule has 0 saturated carbocycles. The van der Waals surface area contributed by atoms with Gasteiger partial charge >= 0.3 is 12.1 Å². The molecule has 1 atom stereocenters. The first-order chi connectivity index (χ1) is 28.1. The van der Waals surface area contributed by atoms with Crippen molar-refractivity contribution in [1.82, 2.24) is 5.32 Å². The van der Waals surface area contributed by atoms with Gasteiger partial charge in [0.2, 0.25) is 0 Å². The van der Waals surface area contributed by atoms with Gasteiger partial charge in [0.1, 0.15) is 37.1 Å². The molecule has 1 N–H and O–H groups in total. The van der Waals surface area contributed by atoms with Crippen LogP contribution >= 0.6 is 0 Å². The molecule has 1 aliphatic carbocycles. The third-order valence-electron chi connectivity index (χ3n) is 11.6. The monoisotopic (exact) mass is 778 g/mol.